The summed E-state index contributed by atoms with van der Waals surface area (Å²) >= 11 is 0. The van der Waals surface area contributed by atoms with Gasteiger partial charge in [-0.25, -0.2) is 5.43 Å². The van der Waals surface area contributed by atoms with Gasteiger partial charge in [0.1, 0.15) is 0 Å². The monoisotopic (exact) mass is 326 g/mol. The third kappa shape index (κ3) is 4.84. The quantitative estimate of drug-likeness (QED) is 0.459. The Bertz CT molecular complexity index is 744. The highest BCUT2D eigenvalue weighted by Crippen LogP contribution is 2.24. The molecule has 0 radical (unpaired) electrons. The van der Waals surface area contributed by atoms with Crippen molar-refractivity contribution in [2.24, 2.45) is 5.10 Å². The van der Waals surface area contributed by atoms with Gasteiger partial charge in [0.05, 0.1) is 12.6 Å². The van der Waals surface area contributed by atoms with E-state index in [2.05, 4.69) is 31.3 Å². The van der Waals surface area contributed by atoms with E-state index in [4.69, 9.17) is 0 Å². The van der Waals surface area contributed by atoms with Crippen LogP contribution in [0, 0.1) is 0 Å². The van der Waals surface area contributed by atoms with Crippen LogP contribution in [0.15, 0.2) is 47.6 Å². The molecule has 126 valence electrons. The smallest absolute Gasteiger partial charge is 0.244 e. The van der Waals surface area contributed by atoms with Gasteiger partial charge in [-0.2, -0.15) is 5.10 Å². The highest BCUT2D eigenvalue weighted by molar-refractivity contribution is 5.83. The van der Waals surface area contributed by atoms with Crippen LogP contribution in [0.5, 0.6) is 11.5 Å². The van der Waals surface area contributed by atoms with Crippen molar-refractivity contribution in [2.45, 2.75) is 32.6 Å². The number of benzene rings is 2. The molecule has 0 bridgehead atoms. The second-order valence-corrected chi connectivity index (χ2v) is 6.67. The lowest BCUT2D eigenvalue weighted by Crippen LogP contribution is -2.20. The van der Waals surface area contributed by atoms with E-state index in [0.717, 1.165) is 5.56 Å². The maximum atomic E-state index is 11.9. The third-order valence-corrected chi connectivity index (χ3v) is 3.59. The molecule has 0 atom stereocenters. The highest BCUT2D eigenvalue weighted by atomic mass is 16.3. The van der Waals surface area contributed by atoms with Gasteiger partial charge in [-0.1, -0.05) is 45.0 Å². The molecule has 2 aromatic carbocycles. The van der Waals surface area contributed by atoms with Crippen molar-refractivity contribution < 1.29 is 15.0 Å². The number of aromatic hydroxyl groups is 2. The second-order valence-electron chi connectivity index (χ2n) is 6.67. The van der Waals surface area contributed by atoms with Crippen molar-refractivity contribution in [2.75, 3.05) is 0 Å². The lowest BCUT2D eigenvalue weighted by atomic mass is 9.86. The summed E-state index contributed by atoms with van der Waals surface area (Å²) in [5.74, 6) is -0.656. The minimum atomic E-state index is -0.232. The number of phenolic OH excluding ortho intramolecular Hbond substituents is 2. The maximum Gasteiger partial charge on any atom is 0.244 e. The molecular weight excluding hydrogens is 304 g/mol. The Morgan fingerprint density at radius 2 is 1.75 bits per heavy atom. The van der Waals surface area contributed by atoms with Crippen molar-refractivity contribution >= 4 is 12.1 Å². The zero-order chi connectivity index (χ0) is 17.7. The summed E-state index contributed by atoms with van der Waals surface area (Å²) < 4.78 is 0. The third-order valence-electron chi connectivity index (χ3n) is 3.59. The number of hydrogen-bond donors (Lipinski definition) is 3. The molecule has 2 rings (SSSR count). The molecule has 0 fully saturated rings. The van der Waals surface area contributed by atoms with Crippen LogP contribution in [0.4, 0.5) is 0 Å². The SMILES string of the molecule is CC(C)(C)c1ccc(CC(=O)NN=Cc2ccc(O)c(O)c2)cc1. The predicted octanol–water partition coefficient (Wildman–Crippen LogP) is 3.09. The van der Waals surface area contributed by atoms with E-state index >= 15 is 0 Å². The lowest BCUT2D eigenvalue weighted by molar-refractivity contribution is -0.120. The Hall–Kier alpha value is -2.82. The second kappa shape index (κ2) is 7.17. The largest absolute Gasteiger partial charge is 0.504 e. The molecule has 0 unspecified atom stereocenters. The lowest BCUT2D eigenvalue weighted by Gasteiger charge is -2.19. The summed E-state index contributed by atoms with van der Waals surface area (Å²) in [6, 6.07) is 12.3. The van der Waals surface area contributed by atoms with Crippen molar-refractivity contribution in [1.29, 1.82) is 0 Å². The molecule has 0 aliphatic carbocycles. The normalized spacial score (nSPS) is 11.6. The fraction of sp³-hybridized carbons (Fsp3) is 0.263. The van der Waals surface area contributed by atoms with Crippen LogP contribution < -0.4 is 5.43 Å². The van der Waals surface area contributed by atoms with Crippen LogP contribution in [-0.4, -0.2) is 22.3 Å². The molecular formula is C19H22N2O3. The Morgan fingerprint density at radius 1 is 1.08 bits per heavy atom. The number of carbonyl (C=O) groups excluding carboxylic acids is 1. The molecule has 0 aromatic heterocycles. The van der Waals surface area contributed by atoms with Crippen molar-refractivity contribution in [3.8, 4) is 11.5 Å². The van der Waals surface area contributed by atoms with Gasteiger partial charge in [0, 0.05) is 0 Å². The molecule has 5 nitrogen and oxygen atoms in total. The summed E-state index contributed by atoms with van der Waals surface area (Å²) in [6.07, 6.45) is 1.64. The minimum absolute atomic E-state index is 0.0841. The Kier molecular flexibility index (Phi) is 5.24. The Morgan fingerprint density at radius 3 is 2.33 bits per heavy atom. The van der Waals surface area contributed by atoms with Gasteiger partial charge in [0.15, 0.2) is 11.5 Å². The van der Waals surface area contributed by atoms with E-state index in [9.17, 15) is 15.0 Å². The number of carbonyl (C=O) groups is 1. The van der Waals surface area contributed by atoms with Gasteiger partial charge in [-0.05, 0) is 40.3 Å². The highest BCUT2D eigenvalue weighted by Gasteiger charge is 2.13. The number of phenols is 2. The van der Waals surface area contributed by atoms with E-state index in [1.807, 2.05) is 24.3 Å². The summed E-state index contributed by atoms with van der Waals surface area (Å²) in [4.78, 5) is 11.9. The molecule has 5 heteroatoms. The van der Waals surface area contributed by atoms with E-state index in [0.29, 0.717) is 5.56 Å². The number of nitrogens with one attached hydrogen (secondary N) is 1. The number of hydrogen-bond acceptors (Lipinski definition) is 4. The van der Waals surface area contributed by atoms with Crippen LogP contribution in [0.25, 0.3) is 0 Å². The van der Waals surface area contributed by atoms with Crippen LogP contribution in [0.2, 0.25) is 0 Å². The molecule has 0 saturated carbocycles. The summed E-state index contributed by atoms with van der Waals surface area (Å²) in [5, 5.41) is 22.5. The topological polar surface area (TPSA) is 81.9 Å². The number of hydrazone groups is 1. The number of rotatable bonds is 4. The van der Waals surface area contributed by atoms with Gasteiger partial charge in [-0.15, -0.1) is 0 Å². The van der Waals surface area contributed by atoms with Gasteiger partial charge < -0.3 is 10.2 Å². The molecule has 3 N–H and O–H groups in total. The maximum absolute atomic E-state index is 11.9. The van der Waals surface area contributed by atoms with E-state index < -0.39 is 0 Å². The van der Waals surface area contributed by atoms with Crippen molar-refractivity contribution in [1.82, 2.24) is 5.43 Å². The van der Waals surface area contributed by atoms with Gasteiger partial charge in [-0.3, -0.25) is 4.79 Å². The van der Waals surface area contributed by atoms with Crippen LogP contribution in [-0.2, 0) is 16.6 Å². The van der Waals surface area contributed by atoms with Crippen LogP contribution in [0.1, 0.15) is 37.5 Å². The molecule has 0 aliphatic rings. The molecule has 0 aliphatic heterocycles. The molecule has 2 aromatic rings. The first kappa shape index (κ1) is 17.5. The summed E-state index contributed by atoms with van der Waals surface area (Å²) in [5.41, 5.74) is 5.23. The fourth-order valence-electron chi connectivity index (χ4n) is 2.15. The first-order chi connectivity index (χ1) is 11.3. The van der Waals surface area contributed by atoms with E-state index in [-0.39, 0.29) is 29.2 Å². The zero-order valence-electron chi connectivity index (χ0n) is 14.1. The van der Waals surface area contributed by atoms with Gasteiger partial charge in [0.2, 0.25) is 5.91 Å². The average Bonchev–Trinajstić information content (AvgIpc) is 2.50. The number of nitrogens with zero attached hydrogens (tertiary/aromatic N) is 1. The Labute approximate surface area is 141 Å². The average molecular weight is 326 g/mol. The van der Waals surface area contributed by atoms with Crippen LogP contribution >= 0.6 is 0 Å². The zero-order valence-corrected chi connectivity index (χ0v) is 14.1. The standard InChI is InChI=1S/C19H22N2O3/c1-19(2,3)15-7-4-13(5-8-15)11-18(24)21-20-12-14-6-9-16(22)17(23)10-14/h4-10,12,22-23H,11H2,1-3H3,(H,21,24). The van der Waals surface area contributed by atoms with Crippen LogP contribution in [0.3, 0.4) is 0 Å². The first-order valence-electron chi connectivity index (χ1n) is 7.69. The molecule has 0 heterocycles. The first-order valence-corrected chi connectivity index (χ1v) is 7.69. The van der Waals surface area contributed by atoms with E-state index in [1.165, 1.54) is 23.9 Å². The summed E-state index contributed by atoms with van der Waals surface area (Å²) in [7, 11) is 0. The fourth-order valence-corrected chi connectivity index (χ4v) is 2.15. The summed E-state index contributed by atoms with van der Waals surface area (Å²) in [6.45, 7) is 6.43. The molecule has 0 saturated heterocycles. The van der Waals surface area contributed by atoms with Crippen molar-refractivity contribution in [3.63, 3.8) is 0 Å². The predicted molar refractivity (Wildman–Crippen MR) is 94.4 cm³/mol. The van der Waals surface area contributed by atoms with Crippen molar-refractivity contribution in [3.05, 3.63) is 59.2 Å². The van der Waals surface area contributed by atoms with Gasteiger partial charge in [0.25, 0.3) is 0 Å². The molecule has 1 amide bonds. The molecule has 0 spiro atoms. The van der Waals surface area contributed by atoms with Gasteiger partial charge >= 0.3 is 0 Å². The minimum Gasteiger partial charge on any atom is -0.504 e. The van der Waals surface area contributed by atoms with E-state index in [1.54, 1.807) is 6.07 Å². The molecule has 24 heavy (non-hydrogen) atoms. The number of amides is 1. The Balaban J connectivity index is 1.91.